The van der Waals surface area contributed by atoms with Crippen LogP contribution in [0.25, 0.3) is 0 Å². The van der Waals surface area contributed by atoms with Crippen molar-refractivity contribution in [3.05, 3.63) is 70.8 Å². The first-order valence-corrected chi connectivity index (χ1v) is 8.94. The number of halogens is 1. The molecule has 128 valence electrons. The lowest BCUT2D eigenvalue weighted by molar-refractivity contribution is 0.653. The highest BCUT2D eigenvalue weighted by molar-refractivity contribution is 9.10. The number of nitrogens with zero attached hydrogens (tertiary/aromatic N) is 4. The fraction of sp³-hybridized carbons (Fsp3) is 0.211. The summed E-state index contributed by atoms with van der Waals surface area (Å²) >= 11 is 3.47. The summed E-state index contributed by atoms with van der Waals surface area (Å²) in [5, 5.41) is 11.6. The molecule has 3 rings (SSSR count). The molecule has 3 aromatic rings. The Morgan fingerprint density at radius 1 is 1.08 bits per heavy atom. The minimum atomic E-state index is 0.253. The normalized spacial score (nSPS) is 10.7. The first kappa shape index (κ1) is 17.4. The quantitative estimate of drug-likeness (QED) is 0.647. The van der Waals surface area contributed by atoms with Crippen LogP contribution in [0.2, 0.25) is 0 Å². The molecule has 0 saturated carbocycles. The Hall–Kier alpha value is -2.47. The summed E-state index contributed by atoms with van der Waals surface area (Å²) in [5.41, 5.74) is 2.16. The lowest BCUT2D eigenvalue weighted by atomic mass is 10.2. The van der Waals surface area contributed by atoms with Crippen molar-refractivity contribution in [1.29, 1.82) is 0 Å². The van der Waals surface area contributed by atoms with Gasteiger partial charge in [-0.1, -0.05) is 52.3 Å². The minimum absolute atomic E-state index is 0.253. The summed E-state index contributed by atoms with van der Waals surface area (Å²) in [6.07, 6.45) is 1.63. The lowest BCUT2D eigenvalue weighted by Gasteiger charge is -2.26. The van der Waals surface area contributed by atoms with Gasteiger partial charge in [-0.15, -0.1) is 5.10 Å². The van der Waals surface area contributed by atoms with E-state index < -0.39 is 0 Å². The first-order chi connectivity index (χ1) is 12.1. The molecule has 0 amide bonds. The van der Waals surface area contributed by atoms with E-state index in [1.165, 1.54) is 5.56 Å². The fourth-order valence-electron chi connectivity index (χ4n) is 2.45. The average molecular weight is 398 g/mol. The number of benzene rings is 2. The van der Waals surface area contributed by atoms with Crippen LogP contribution in [0.4, 0.5) is 17.5 Å². The van der Waals surface area contributed by atoms with Crippen molar-refractivity contribution in [2.45, 2.75) is 26.4 Å². The van der Waals surface area contributed by atoms with E-state index in [0.29, 0.717) is 11.8 Å². The lowest BCUT2D eigenvalue weighted by Crippen LogP contribution is -2.32. The maximum atomic E-state index is 4.64. The number of hydrogen-bond acceptors (Lipinski definition) is 5. The van der Waals surface area contributed by atoms with Gasteiger partial charge in [-0.3, -0.25) is 0 Å². The average Bonchev–Trinajstić information content (AvgIpc) is 2.60. The molecule has 1 aromatic heterocycles. The van der Waals surface area contributed by atoms with Gasteiger partial charge >= 0.3 is 0 Å². The second-order valence-electron chi connectivity index (χ2n) is 5.98. The van der Waals surface area contributed by atoms with Crippen LogP contribution in [0.5, 0.6) is 0 Å². The van der Waals surface area contributed by atoms with Gasteiger partial charge in [-0.2, -0.15) is 10.1 Å². The molecular weight excluding hydrogens is 378 g/mol. The molecule has 0 aliphatic rings. The summed E-state index contributed by atoms with van der Waals surface area (Å²) in [5.74, 6) is 1.28. The molecular formula is C19H20BrN5. The highest BCUT2D eigenvalue weighted by Crippen LogP contribution is 2.21. The number of rotatable bonds is 6. The van der Waals surface area contributed by atoms with Crippen molar-refractivity contribution in [2.24, 2.45) is 0 Å². The van der Waals surface area contributed by atoms with Crippen LogP contribution in [-0.2, 0) is 6.54 Å². The van der Waals surface area contributed by atoms with E-state index in [1.807, 2.05) is 42.5 Å². The summed E-state index contributed by atoms with van der Waals surface area (Å²) in [6.45, 7) is 4.99. The zero-order chi connectivity index (χ0) is 17.6. The molecule has 0 saturated heterocycles. The van der Waals surface area contributed by atoms with E-state index in [9.17, 15) is 0 Å². The third kappa shape index (κ3) is 4.76. The Labute approximate surface area is 156 Å². The smallest absolute Gasteiger partial charge is 0.247 e. The minimum Gasteiger partial charge on any atom is -0.339 e. The Morgan fingerprint density at radius 3 is 2.60 bits per heavy atom. The molecule has 1 heterocycles. The van der Waals surface area contributed by atoms with Crippen molar-refractivity contribution >= 4 is 33.4 Å². The summed E-state index contributed by atoms with van der Waals surface area (Å²) < 4.78 is 1.01. The van der Waals surface area contributed by atoms with Crippen molar-refractivity contribution in [3.8, 4) is 0 Å². The number of hydrogen-bond donors (Lipinski definition) is 1. The predicted molar refractivity (Wildman–Crippen MR) is 105 cm³/mol. The zero-order valence-electron chi connectivity index (χ0n) is 14.2. The van der Waals surface area contributed by atoms with Crippen LogP contribution in [0.3, 0.4) is 0 Å². The second-order valence-corrected chi connectivity index (χ2v) is 6.90. The molecule has 0 spiro atoms. The number of anilines is 3. The highest BCUT2D eigenvalue weighted by atomic mass is 79.9. The van der Waals surface area contributed by atoms with Crippen molar-refractivity contribution in [3.63, 3.8) is 0 Å². The molecule has 2 aromatic carbocycles. The molecule has 0 bridgehead atoms. The van der Waals surface area contributed by atoms with Gasteiger partial charge in [0.1, 0.15) is 0 Å². The fourth-order valence-corrected chi connectivity index (χ4v) is 2.85. The number of aromatic nitrogens is 3. The molecule has 5 nitrogen and oxygen atoms in total. The topological polar surface area (TPSA) is 53.9 Å². The Balaban J connectivity index is 1.82. The van der Waals surface area contributed by atoms with E-state index in [-0.39, 0.29) is 6.04 Å². The molecule has 25 heavy (non-hydrogen) atoms. The Kier molecular flexibility index (Phi) is 5.60. The van der Waals surface area contributed by atoms with Crippen LogP contribution in [0, 0.1) is 0 Å². The highest BCUT2D eigenvalue weighted by Gasteiger charge is 2.15. The molecule has 0 fully saturated rings. The largest absolute Gasteiger partial charge is 0.339 e. The summed E-state index contributed by atoms with van der Waals surface area (Å²) in [7, 11) is 0. The predicted octanol–water partition coefficient (Wildman–Crippen LogP) is 4.79. The van der Waals surface area contributed by atoms with Crippen LogP contribution >= 0.6 is 15.9 Å². The third-order valence-electron chi connectivity index (χ3n) is 3.72. The zero-order valence-corrected chi connectivity index (χ0v) is 15.8. The van der Waals surface area contributed by atoms with Gasteiger partial charge < -0.3 is 10.2 Å². The maximum absolute atomic E-state index is 4.64. The van der Waals surface area contributed by atoms with Gasteiger partial charge in [-0.05, 0) is 37.6 Å². The molecule has 0 radical (unpaired) electrons. The van der Waals surface area contributed by atoms with Gasteiger partial charge in [0.15, 0.2) is 5.82 Å². The third-order valence-corrected chi connectivity index (χ3v) is 4.21. The Bertz CT molecular complexity index is 823. The molecule has 1 N–H and O–H groups in total. The molecule has 0 aliphatic heterocycles. The van der Waals surface area contributed by atoms with Crippen LogP contribution in [-0.4, -0.2) is 21.2 Å². The SMILES string of the molecule is CC(C)N(Cc1ccccc1)c1nncc(Nc2cccc(Br)c2)n1. The maximum Gasteiger partial charge on any atom is 0.247 e. The van der Waals surface area contributed by atoms with E-state index in [0.717, 1.165) is 16.7 Å². The first-order valence-electron chi connectivity index (χ1n) is 8.15. The Morgan fingerprint density at radius 2 is 1.88 bits per heavy atom. The van der Waals surface area contributed by atoms with E-state index >= 15 is 0 Å². The van der Waals surface area contributed by atoms with E-state index in [4.69, 9.17) is 0 Å². The molecule has 0 unspecified atom stereocenters. The molecule has 0 atom stereocenters. The van der Waals surface area contributed by atoms with Gasteiger partial charge in [0.05, 0.1) is 6.20 Å². The van der Waals surface area contributed by atoms with Crippen molar-refractivity contribution < 1.29 is 0 Å². The van der Waals surface area contributed by atoms with Gasteiger partial charge in [0.25, 0.3) is 0 Å². The second kappa shape index (κ2) is 8.07. The molecule has 6 heteroatoms. The van der Waals surface area contributed by atoms with Crippen LogP contribution in [0.15, 0.2) is 65.3 Å². The van der Waals surface area contributed by atoms with Crippen molar-refractivity contribution in [1.82, 2.24) is 15.2 Å². The van der Waals surface area contributed by atoms with Crippen molar-refractivity contribution in [2.75, 3.05) is 10.2 Å². The van der Waals surface area contributed by atoms with Gasteiger partial charge in [-0.25, -0.2) is 0 Å². The standard InChI is InChI=1S/C19H20BrN5/c1-14(2)25(13-15-7-4-3-5-8-15)19-23-18(12-21-24-19)22-17-10-6-9-16(20)11-17/h3-12,14H,13H2,1-2H3,(H,22,23,24). The van der Waals surface area contributed by atoms with Gasteiger partial charge in [0, 0.05) is 22.7 Å². The monoisotopic (exact) mass is 397 g/mol. The summed E-state index contributed by atoms with van der Waals surface area (Å²) in [4.78, 5) is 6.77. The summed E-state index contributed by atoms with van der Waals surface area (Å²) in [6, 6.07) is 18.5. The van der Waals surface area contributed by atoms with Gasteiger partial charge in [0.2, 0.25) is 5.95 Å². The number of nitrogens with one attached hydrogen (secondary N) is 1. The van der Waals surface area contributed by atoms with E-state index in [2.05, 4.69) is 67.3 Å². The van der Waals surface area contributed by atoms with E-state index in [1.54, 1.807) is 6.20 Å². The molecule has 0 aliphatic carbocycles. The van der Waals surface area contributed by atoms with Crippen LogP contribution < -0.4 is 10.2 Å². The van der Waals surface area contributed by atoms with Crippen LogP contribution in [0.1, 0.15) is 19.4 Å².